The van der Waals surface area contributed by atoms with Gasteiger partial charge in [0.1, 0.15) is 11.6 Å². The van der Waals surface area contributed by atoms with Gasteiger partial charge in [0.2, 0.25) is 0 Å². The molecule has 19 heavy (non-hydrogen) atoms. The highest BCUT2D eigenvalue weighted by Gasteiger charge is 2.26. The van der Waals surface area contributed by atoms with Gasteiger partial charge in [-0.25, -0.2) is 9.97 Å². The van der Waals surface area contributed by atoms with E-state index in [-0.39, 0.29) is 5.91 Å². The summed E-state index contributed by atoms with van der Waals surface area (Å²) in [6, 6.07) is 2.12. The molecule has 0 saturated heterocycles. The van der Waals surface area contributed by atoms with Crippen molar-refractivity contribution in [2.45, 2.75) is 20.8 Å². The Morgan fingerprint density at radius 2 is 2.11 bits per heavy atom. The maximum absolute atomic E-state index is 12.0. The lowest BCUT2D eigenvalue weighted by Crippen LogP contribution is -2.04. The van der Waals surface area contributed by atoms with Crippen molar-refractivity contribution in [1.29, 1.82) is 0 Å². The van der Waals surface area contributed by atoms with Crippen LogP contribution in [0.3, 0.4) is 0 Å². The number of aryl methyl sites for hydroxylation is 3. The lowest BCUT2D eigenvalue weighted by atomic mass is 10.1. The Balaban J connectivity index is 2.12. The number of anilines is 1. The summed E-state index contributed by atoms with van der Waals surface area (Å²) in [4.78, 5) is 22.8. The second-order valence-corrected chi connectivity index (χ2v) is 5.88. The normalized spacial score (nSPS) is 15.7. The van der Waals surface area contributed by atoms with Crippen LogP contribution < -0.4 is 5.32 Å². The van der Waals surface area contributed by atoms with Gasteiger partial charge in [-0.3, -0.25) is 4.79 Å². The fourth-order valence-corrected chi connectivity index (χ4v) is 3.12. The summed E-state index contributed by atoms with van der Waals surface area (Å²) in [5, 5.41) is 2.78. The number of hydrogen-bond donors (Lipinski definition) is 1. The molecule has 0 atom stereocenters. The minimum atomic E-state index is -0.111. The fraction of sp³-hybridized carbons (Fsp3) is 0.214. The zero-order chi connectivity index (χ0) is 13.6. The van der Waals surface area contributed by atoms with E-state index in [4.69, 9.17) is 0 Å². The molecule has 4 nitrogen and oxygen atoms in total. The number of aromatic nitrogens is 2. The van der Waals surface area contributed by atoms with Crippen LogP contribution in [0.25, 0.3) is 11.6 Å². The van der Waals surface area contributed by atoms with Gasteiger partial charge in [-0.05, 0) is 38.5 Å². The highest BCUT2D eigenvalue weighted by Crippen LogP contribution is 2.33. The average Bonchev–Trinajstić information content (AvgIpc) is 2.80. The second-order valence-electron chi connectivity index (χ2n) is 4.60. The van der Waals surface area contributed by atoms with E-state index in [0.29, 0.717) is 17.2 Å². The molecule has 0 spiro atoms. The molecule has 0 fully saturated rings. The standard InChI is InChI=1S/C14H13N3OS/c1-7-4-8(2)19-12(7)5-10-11-6-15-9(3)16-13(11)17-14(10)18/h4-6H,1-3H3,(H,15,16,17,18). The van der Waals surface area contributed by atoms with Crippen LogP contribution in [0.1, 0.15) is 26.7 Å². The topological polar surface area (TPSA) is 54.9 Å². The van der Waals surface area contributed by atoms with E-state index in [9.17, 15) is 4.79 Å². The molecule has 1 N–H and O–H groups in total. The van der Waals surface area contributed by atoms with Gasteiger partial charge >= 0.3 is 0 Å². The molecule has 0 unspecified atom stereocenters. The lowest BCUT2D eigenvalue weighted by Gasteiger charge is -1.98. The third-order valence-corrected chi connectivity index (χ3v) is 4.13. The molecule has 5 heteroatoms. The first-order valence-corrected chi connectivity index (χ1v) is 6.80. The summed E-state index contributed by atoms with van der Waals surface area (Å²) in [5.74, 6) is 1.15. The van der Waals surface area contributed by atoms with Crippen molar-refractivity contribution in [3.8, 4) is 0 Å². The van der Waals surface area contributed by atoms with Crippen molar-refractivity contribution in [2.75, 3.05) is 5.32 Å². The van der Waals surface area contributed by atoms with Crippen LogP contribution in [0.2, 0.25) is 0 Å². The van der Waals surface area contributed by atoms with Crippen molar-refractivity contribution < 1.29 is 4.79 Å². The van der Waals surface area contributed by atoms with Gasteiger partial charge in [-0.2, -0.15) is 0 Å². The van der Waals surface area contributed by atoms with Crippen LogP contribution in [0.5, 0.6) is 0 Å². The van der Waals surface area contributed by atoms with Gasteiger partial charge in [-0.15, -0.1) is 11.3 Å². The first kappa shape index (κ1) is 12.0. The molecule has 1 aliphatic heterocycles. The molecule has 0 radical (unpaired) electrons. The van der Waals surface area contributed by atoms with Gasteiger partial charge in [0, 0.05) is 21.5 Å². The highest BCUT2D eigenvalue weighted by molar-refractivity contribution is 7.13. The number of carbonyl (C=O) groups excluding carboxylic acids is 1. The zero-order valence-corrected chi connectivity index (χ0v) is 11.8. The Hall–Kier alpha value is -2.01. The molecule has 0 aliphatic carbocycles. The van der Waals surface area contributed by atoms with E-state index >= 15 is 0 Å². The first-order valence-electron chi connectivity index (χ1n) is 5.98. The third-order valence-electron chi connectivity index (χ3n) is 3.03. The molecule has 96 valence electrons. The summed E-state index contributed by atoms with van der Waals surface area (Å²) < 4.78 is 0. The van der Waals surface area contributed by atoms with E-state index < -0.39 is 0 Å². The summed E-state index contributed by atoms with van der Waals surface area (Å²) in [6.45, 7) is 5.92. The maximum Gasteiger partial charge on any atom is 0.257 e. The Morgan fingerprint density at radius 1 is 1.32 bits per heavy atom. The zero-order valence-electron chi connectivity index (χ0n) is 10.9. The van der Waals surface area contributed by atoms with Gasteiger partial charge in [0.05, 0.1) is 5.57 Å². The van der Waals surface area contributed by atoms with Gasteiger partial charge in [0.25, 0.3) is 5.91 Å². The maximum atomic E-state index is 12.0. The van der Waals surface area contributed by atoms with Crippen LogP contribution in [0.4, 0.5) is 5.82 Å². The molecule has 3 heterocycles. The smallest absolute Gasteiger partial charge is 0.257 e. The van der Waals surface area contributed by atoms with Crippen molar-refractivity contribution in [2.24, 2.45) is 0 Å². The van der Waals surface area contributed by atoms with E-state index in [0.717, 1.165) is 10.4 Å². The number of rotatable bonds is 1. The Kier molecular flexibility index (Phi) is 2.71. The van der Waals surface area contributed by atoms with Gasteiger partial charge in [-0.1, -0.05) is 0 Å². The second kappa shape index (κ2) is 4.28. The number of amides is 1. The molecule has 1 aliphatic rings. The Labute approximate surface area is 115 Å². The van der Waals surface area contributed by atoms with E-state index in [1.165, 1.54) is 10.4 Å². The number of thiophene rings is 1. The van der Waals surface area contributed by atoms with Gasteiger partial charge in [0.15, 0.2) is 0 Å². The molecule has 2 aromatic heterocycles. The van der Waals surface area contributed by atoms with E-state index in [1.807, 2.05) is 6.08 Å². The van der Waals surface area contributed by atoms with Crippen LogP contribution in [0.15, 0.2) is 12.3 Å². The summed E-state index contributed by atoms with van der Waals surface area (Å²) >= 11 is 1.68. The fourth-order valence-electron chi connectivity index (χ4n) is 2.14. The number of nitrogens with zero attached hydrogens (tertiary/aromatic N) is 2. The minimum absolute atomic E-state index is 0.111. The van der Waals surface area contributed by atoms with Crippen LogP contribution in [0, 0.1) is 20.8 Å². The van der Waals surface area contributed by atoms with Crippen LogP contribution in [-0.4, -0.2) is 15.9 Å². The Bertz CT molecular complexity index is 715. The highest BCUT2D eigenvalue weighted by atomic mass is 32.1. The third kappa shape index (κ3) is 2.06. The van der Waals surface area contributed by atoms with E-state index in [2.05, 4.69) is 35.2 Å². The molecule has 0 bridgehead atoms. The van der Waals surface area contributed by atoms with E-state index in [1.54, 1.807) is 24.5 Å². The van der Waals surface area contributed by atoms with Crippen LogP contribution >= 0.6 is 11.3 Å². The minimum Gasteiger partial charge on any atom is -0.306 e. The van der Waals surface area contributed by atoms with Crippen molar-refractivity contribution in [3.63, 3.8) is 0 Å². The number of nitrogens with one attached hydrogen (secondary N) is 1. The lowest BCUT2D eigenvalue weighted by molar-refractivity contribution is -0.110. The molecular formula is C14H13N3OS. The predicted molar refractivity (Wildman–Crippen MR) is 77.1 cm³/mol. The largest absolute Gasteiger partial charge is 0.306 e. The number of fused-ring (bicyclic) bond motifs is 1. The van der Waals surface area contributed by atoms with Crippen molar-refractivity contribution in [3.05, 3.63) is 39.0 Å². The number of carbonyl (C=O) groups is 1. The summed E-state index contributed by atoms with van der Waals surface area (Å²) in [5.41, 5.74) is 2.60. The monoisotopic (exact) mass is 271 g/mol. The molecule has 0 aromatic carbocycles. The molecule has 0 saturated carbocycles. The summed E-state index contributed by atoms with van der Waals surface area (Å²) in [7, 11) is 0. The predicted octanol–water partition coefficient (Wildman–Crippen LogP) is 2.96. The van der Waals surface area contributed by atoms with Crippen LogP contribution in [-0.2, 0) is 4.79 Å². The quantitative estimate of drug-likeness (QED) is 0.811. The average molecular weight is 271 g/mol. The molecule has 3 rings (SSSR count). The van der Waals surface area contributed by atoms with Crippen molar-refractivity contribution >= 4 is 34.7 Å². The van der Waals surface area contributed by atoms with Crippen molar-refractivity contribution in [1.82, 2.24) is 9.97 Å². The van der Waals surface area contributed by atoms with Gasteiger partial charge < -0.3 is 5.32 Å². The Morgan fingerprint density at radius 3 is 2.79 bits per heavy atom. The molecule has 1 amide bonds. The summed E-state index contributed by atoms with van der Waals surface area (Å²) in [6.07, 6.45) is 3.63. The first-order chi connectivity index (χ1) is 9.04. The molecular weight excluding hydrogens is 258 g/mol. The number of hydrogen-bond acceptors (Lipinski definition) is 4. The SMILES string of the molecule is Cc1ncc2c(n1)NC(=O)C2=Cc1sc(C)cc1C. The molecule has 2 aromatic rings.